The van der Waals surface area contributed by atoms with Crippen molar-refractivity contribution < 1.29 is 14.5 Å². The molecule has 0 radical (unpaired) electrons. The quantitative estimate of drug-likeness (QED) is 0.491. The fourth-order valence-electron chi connectivity index (χ4n) is 2.21. The van der Waals surface area contributed by atoms with Crippen molar-refractivity contribution in [3.8, 4) is 0 Å². The maximum atomic E-state index is 12.0. The number of hydrogen-bond donors (Lipinski definition) is 2. The highest BCUT2D eigenvalue weighted by atomic mass is 16.6. The van der Waals surface area contributed by atoms with Gasteiger partial charge in [-0.15, -0.1) is 0 Å². The molecule has 0 saturated carbocycles. The van der Waals surface area contributed by atoms with E-state index in [-0.39, 0.29) is 22.9 Å². The molecule has 108 valence electrons. The molecule has 20 heavy (non-hydrogen) atoms. The van der Waals surface area contributed by atoms with Crippen molar-refractivity contribution in [1.82, 2.24) is 5.32 Å². The van der Waals surface area contributed by atoms with E-state index in [1.807, 2.05) is 0 Å². The average Bonchev–Trinajstić information content (AvgIpc) is 2.46. The van der Waals surface area contributed by atoms with Gasteiger partial charge in [0.1, 0.15) is 5.69 Å². The van der Waals surface area contributed by atoms with Crippen molar-refractivity contribution in [3.63, 3.8) is 0 Å². The third-order valence-corrected chi connectivity index (χ3v) is 3.33. The Hall–Kier alpha value is -2.15. The molecule has 1 aliphatic rings. The van der Waals surface area contributed by atoms with Gasteiger partial charge in [0.15, 0.2) is 0 Å². The van der Waals surface area contributed by atoms with E-state index in [1.165, 1.54) is 18.2 Å². The average molecular weight is 279 g/mol. The largest absolute Gasteiger partial charge is 0.393 e. The summed E-state index contributed by atoms with van der Waals surface area (Å²) in [6.07, 6.45) is 1.99. The summed E-state index contributed by atoms with van der Waals surface area (Å²) in [5.74, 6) is -0.107. The monoisotopic (exact) mass is 279 g/mol. The highest BCUT2D eigenvalue weighted by Gasteiger charge is 2.20. The van der Waals surface area contributed by atoms with Crippen LogP contribution in [0.5, 0.6) is 0 Å². The number of hydrogen-bond acceptors (Lipinski definition) is 5. The highest BCUT2D eigenvalue weighted by molar-refractivity contribution is 6.00. The van der Waals surface area contributed by atoms with Crippen LogP contribution in [0.3, 0.4) is 0 Å². The zero-order chi connectivity index (χ0) is 14.5. The number of nitrogens with zero attached hydrogens (tertiary/aromatic N) is 1. The van der Waals surface area contributed by atoms with Gasteiger partial charge in [-0.05, 0) is 24.8 Å². The predicted octanol–water partition coefficient (Wildman–Crippen LogP) is 1.33. The number of carbonyl (C=O) groups is 1. The topological polar surface area (TPSA) is 107 Å². The first-order valence-electron chi connectivity index (χ1n) is 6.48. The number of rotatable bonds is 4. The second-order valence-electron chi connectivity index (χ2n) is 4.79. The van der Waals surface area contributed by atoms with Crippen LogP contribution in [0.25, 0.3) is 0 Å². The zero-order valence-electron chi connectivity index (χ0n) is 11.0. The van der Waals surface area contributed by atoms with Crippen LogP contribution < -0.4 is 11.1 Å². The lowest BCUT2D eigenvalue weighted by Gasteiger charge is -2.22. The minimum atomic E-state index is -0.596. The van der Waals surface area contributed by atoms with Crippen LogP contribution in [0.1, 0.15) is 23.2 Å². The van der Waals surface area contributed by atoms with Gasteiger partial charge in [-0.1, -0.05) is 6.07 Å². The molecule has 2 rings (SSSR count). The summed E-state index contributed by atoms with van der Waals surface area (Å²) in [5, 5.41) is 13.5. The molecule has 1 fully saturated rings. The highest BCUT2D eigenvalue weighted by Crippen LogP contribution is 2.24. The van der Waals surface area contributed by atoms with E-state index >= 15 is 0 Å². The standard InChI is InChI=1S/C13H17N3O4/c14-12-10(4-1-5-11(12)16(18)19)13(17)15-7-9-3-2-6-20-8-9/h1,4-5,9H,2-3,6-8,14H2,(H,15,17). The first-order chi connectivity index (χ1) is 9.59. The van der Waals surface area contributed by atoms with Gasteiger partial charge in [0.25, 0.3) is 11.6 Å². The molecular weight excluding hydrogens is 262 g/mol. The number of nitrogens with two attached hydrogens (primary N) is 1. The summed E-state index contributed by atoms with van der Waals surface area (Å²) < 4.78 is 5.33. The molecule has 1 atom stereocenters. The molecule has 1 aliphatic heterocycles. The first-order valence-corrected chi connectivity index (χ1v) is 6.48. The second-order valence-corrected chi connectivity index (χ2v) is 4.79. The number of ether oxygens (including phenoxy) is 1. The number of nitro benzene ring substituents is 1. The second kappa shape index (κ2) is 6.33. The number of anilines is 1. The van der Waals surface area contributed by atoms with E-state index in [9.17, 15) is 14.9 Å². The van der Waals surface area contributed by atoms with E-state index < -0.39 is 10.8 Å². The van der Waals surface area contributed by atoms with Crippen molar-refractivity contribution in [2.75, 3.05) is 25.5 Å². The van der Waals surface area contributed by atoms with Gasteiger partial charge in [0, 0.05) is 19.2 Å². The normalized spacial score (nSPS) is 18.5. The fourth-order valence-corrected chi connectivity index (χ4v) is 2.21. The van der Waals surface area contributed by atoms with Crippen molar-refractivity contribution in [3.05, 3.63) is 33.9 Å². The molecule has 0 spiro atoms. The summed E-state index contributed by atoms with van der Waals surface area (Å²) in [4.78, 5) is 22.2. The van der Waals surface area contributed by atoms with Gasteiger partial charge >= 0.3 is 0 Å². The van der Waals surface area contributed by atoms with Gasteiger partial charge in [0.2, 0.25) is 0 Å². The van der Waals surface area contributed by atoms with Gasteiger partial charge in [-0.2, -0.15) is 0 Å². The Bertz CT molecular complexity index is 512. The number of amides is 1. The van der Waals surface area contributed by atoms with Crippen LogP contribution in [-0.2, 0) is 4.74 Å². The van der Waals surface area contributed by atoms with Crippen molar-refractivity contribution in [2.24, 2.45) is 5.92 Å². The molecule has 1 heterocycles. The molecule has 1 unspecified atom stereocenters. The van der Waals surface area contributed by atoms with Crippen LogP contribution in [0, 0.1) is 16.0 Å². The number of nitro groups is 1. The van der Waals surface area contributed by atoms with E-state index in [0.717, 1.165) is 19.4 Å². The Balaban J connectivity index is 2.01. The van der Waals surface area contributed by atoms with Gasteiger partial charge < -0.3 is 15.8 Å². The Morgan fingerprint density at radius 1 is 1.55 bits per heavy atom. The Morgan fingerprint density at radius 3 is 3.00 bits per heavy atom. The van der Waals surface area contributed by atoms with Gasteiger partial charge in [0.05, 0.1) is 17.1 Å². The maximum Gasteiger partial charge on any atom is 0.292 e. The number of para-hydroxylation sites is 1. The van der Waals surface area contributed by atoms with E-state index in [0.29, 0.717) is 13.2 Å². The smallest absolute Gasteiger partial charge is 0.292 e. The molecule has 7 heteroatoms. The maximum absolute atomic E-state index is 12.0. The molecular formula is C13H17N3O4. The SMILES string of the molecule is Nc1c(C(=O)NCC2CCCOC2)cccc1[N+](=O)[O-]. The lowest BCUT2D eigenvalue weighted by molar-refractivity contribution is -0.383. The molecule has 1 aromatic carbocycles. The minimum absolute atomic E-state index is 0.102. The van der Waals surface area contributed by atoms with E-state index in [1.54, 1.807) is 0 Å². The van der Waals surface area contributed by atoms with Gasteiger partial charge in [-0.25, -0.2) is 0 Å². The lowest BCUT2D eigenvalue weighted by Crippen LogP contribution is -2.33. The number of carbonyl (C=O) groups excluding carboxylic acids is 1. The summed E-state index contributed by atoms with van der Waals surface area (Å²) in [5.41, 5.74) is 5.45. The van der Waals surface area contributed by atoms with Crippen LogP contribution in [0.4, 0.5) is 11.4 Å². The molecule has 1 amide bonds. The van der Waals surface area contributed by atoms with Crippen molar-refractivity contribution >= 4 is 17.3 Å². The Morgan fingerprint density at radius 2 is 2.35 bits per heavy atom. The molecule has 0 bridgehead atoms. The number of nitrogen functional groups attached to an aromatic ring is 1. The van der Waals surface area contributed by atoms with Crippen LogP contribution in [0.2, 0.25) is 0 Å². The summed E-state index contributed by atoms with van der Waals surface area (Å²) in [7, 11) is 0. The Kier molecular flexibility index (Phi) is 4.52. The van der Waals surface area contributed by atoms with Crippen molar-refractivity contribution in [1.29, 1.82) is 0 Å². The van der Waals surface area contributed by atoms with E-state index in [4.69, 9.17) is 10.5 Å². The molecule has 0 aromatic heterocycles. The molecule has 3 N–H and O–H groups in total. The third kappa shape index (κ3) is 3.24. The Labute approximate surface area is 116 Å². The summed E-state index contributed by atoms with van der Waals surface area (Å²) >= 11 is 0. The number of nitrogens with one attached hydrogen (secondary N) is 1. The van der Waals surface area contributed by atoms with Crippen LogP contribution in [0.15, 0.2) is 18.2 Å². The van der Waals surface area contributed by atoms with Crippen molar-refractivity contribution in [2.45, 2.75) is 12.8 Å². The molecule has 7 nitrogen and oxygen atoms in total. The summed E-state index contributed by atoms with van der Waals surface area (Å²) in [6, 6.07) is 4.21. The predicted molar refractivity (Wildman–Crippen MR) is 73.4 cm³/mol. The van der Waals surface area contributed by atoms with Crippen LogP contribution in [-0.4, -0.2) is 30.6 Å². The minimum Gasteiger partial charge on any atom is -0.393 e. The summed E-state index contributed by atoms with van der Waals surface area (Å²) in [6.45, 7) is 1.88. The number of benzene rings is 1. The zero-order valence-corrected chi connectivity index (χ0v) is 11.0. The van der Waals surface area contributed by atoms with Crippen LogP contribution >= 0.6 is 0 Å². The lowest BCUT2D eigenvalue weighted by atomic mass is 10.0. The van der Waals surface area contributed by atoms with E-state index in [2.05, 4.69) is 5.32 Å². The molecule has 0 aliphatic carbocycles. The first kappa shape index (κ1) is 14.3. The molecule has 1 aromatic rings. The third-order valence-electron chi connectivity index (χ3n) is 3.33. The fraction of sp³-hybridized carbons (Fsp3) is 0.462. The molecule has 1 saturated heterocycles. The van der Waals surface area contributed by atoms with Gasteiger partial charge in [-0.3, -0.25) is 14.9 Å².